The van der Waals surface area contributed by atoms with Crippen LogP contribution < -0.4 is 0 Å². The number of benzene rings is 1. The van der Waals surface area contributed by atoms with Crippen LogP contribution in [0, 0.1) is 13.8 Å². The van der Waals surface area contributed by atoms with E-state index in [9.17, 15) is 18.0 Å². The Kier molecular flexibility index (Phi) is 8.01. The molecule has 4 rings (SSSR count). The maximum Gasteiger partial charge on any atom is 0.490 e. The topological polar surface area (TPSA) is 86.9 Å². The zero-order valence-electron chi connectivity index (χ0n) is 19.4. The van der Waals surface area contributed by atoms with E-state index < -0.39 is 12.1 Å². The molecule has 186 valence electrons. The monoisotopic (exact) mass is 481 g/mol. The van der Waals surface area contributed by atoms with Crippen LogP contribution in [0.5, 0.6) is 0 Å². The molecular weight excluding hydrogens is 451 g/mol. The lowest BCUT2D eigenvalue weighted by molar-refractivity contribution is -0.192. The maximum atomic E-state index is 12.8. The first-order valence-electron chi connectivity index (χ1n) is 11.3. The highest BCUT2D eigenvalue weighted by Gasteiger charge is 2.48. The fourth-order valence-corrected chi connectivity index (χ4v) is 4.59. The summed E-state index contributed by atoms with van der Waals surface area (Å²) in [6.07, 6.45) is -0.206. The molecule has 0 saturated carbocycles. The van der Waals surface area contributed by atoms with Crippen LogP contribution in [0.3, 0.4) is 0 Å². The predicted molar refractivity (Wildman–Crippen MR) is 118 cm³/mol. The van der Waals surface area contributed by atoms with E-state index in [1.807, 2.05) is 32.0 Å². The third-order valence-electron chi connectivity index (χ3n) is 6.67. The van der Waals surface area contributed by atoms with Gasteiger partial charge in [0.1, 0.15) is 5.76 Å². The molecule has 1 spiro atoms. The van der Waals surface area contributed by atoms with E-state index in [0.29, 0.717) is 12.3 Å². The quantitative estimate of drug-likeness (QED) is 0.691. The summed E-state index contributed by atoms with van der Waals surface area (Å²) in [7, 11) is 0. The Balaban J connectivity index is 0.000000406. The van der Waals surface area contributed by atoms with Crippen LogP contribution in [0.1, 0.15) is 48.3 Å². The second kappa shape index (κ2) is 10.6. The van der Waals surface area contributed by atoms with Gasteiger partial charge in [0.25, 0.3) is 0 Å². The predicted octanol–water partition coefficient (Wildman–Crippen LogP) is 4.12. The summed E-state index contributed by atoms with van der Waals surface area (Å²) in [6.45, 7) is 7.74. The number of carboxylic acid groups (broad SMARTS) is 1. The van der Waals surface area contributed by atoms with Crippen molar-refractivity contribution in [2.75, 3.05) is 19.6 Å². The first-order valence-corrected chi connectivity index (χ1v) is 11.3. The number of piperidine rings is 1. The van der Waals surface area contributed by atoms with Crippen molar-refractivity contribution in [3.63, 3.8) is 0 Å². The van der Waals surface area contributed by atoms with Crippen molar-refractivity contribution in [1.29, 1.82) is 0 Å². The zero-order valence-corrected chi connectivity index (χ0v) is 19.4. The summed E-state index contributed by atoms with van der Waals surface area (Å²) in [4.78, 5) is 26.4. The molecule has 1 N–H and O–H groups in total. The Bertz CT molecular complexity index is 974. The number of aryl methyl sites for hydroxylation is 3. The fourth-order valence-electron chi connectivity index (χ4n) is 4.59. The minimum atomic E-state index is -5.08. The number of likely N-dealkylation sites (tertiary alicyclic amines) is 2. The number of carboxylic acids is 1. The number of carbonyl (C=O) groups is 2. The summed E-state index contributed by atoms with van der Waals surface area (Å²) in [6, 6.07) is 10.3. The summed E-state index contributed by atoms with van der Waals surface area (Å²) in [5, 5.41) is 11.2. The molecule has 1 aromatic heterocycles. The van der Waals surface area contributed by atoms with Gasteiger partial charge in [-0.25, -0.2) is 4.79 Å². The highest BCUT2D eigenvalue weighted by molar-refractivity contribution is 5.76. The van der Waals surface area contributed by atoms with Gasteiger partial charge >= 0.3 is 12.1 Å². The van der Waals surface area contributed by atoms with E-state index in [2.05, 4.69) is 27.1 Å². The molecule has 7 nitrogen and oxygen atoms in total. The van der Waals surface area contributed by atoms with E-state index in [-0.39, 0.29) is 5.54 Å². The van der Waals surface area contributed by atoms with E-state index >= 15 is 0 Å². The molecule has 1 amide bonds. The molecule has 3 heterocycles. The second-order valence-electron chi connectivity index (χ2n) is 8.91. The average Bonchev–Trinajstić information content (AvgIpc) is 3.12. The first-order chi connectivity index (χ1) is 16.0. The summed E-state index contributed by atoms with van der Waals surface area (Å²) in [5.41, 5.74) is 3.58. The van der Waals surface area contributed by atoms with Crippen molar-refractivity contribution in [1.82, 2.24) is 15.0 Å². The van der Waals surface area contributed by atoms with E-state index in [4.69, 9.17) is 14.4 Å². The van der Waals surface area contributed by atoms with Gasteiger partial charge in [0, 0.05) is 43.7 Å². The third-order valence-corrected chi connectivity index (χ3v) is 6.67. The number of alkyl halides is 3. The van der Waals surface area contributed by atoms with Gasteiger partial charge in [-0.3, -0.25) is 9.69 Å². The van der Waals surface area contributed by atoms with E-state index in [1.54, 1.807) is 0 Å². The first kappa shape index (κ1) is 25.7. The Morgan fingerprint density at radius 3 is 2.35 bits per heavy atom. The molecule has 2 aromatic rings. The van der Waals surface area contributed by atoms with Gasteiger partial charge in [-0.05, 0) is 45.1 Å². The molecule has 2 aliphatic heterocycles. The minimum Gasteiger partial charge on any atom is -0.475 e. The van der Waals surface area contributed by atoms with E-state index in [1.165, 1.54) is 24.0 Å². The van der Waals surface area contributed by atoms with Crippen LogP contribution in [-0.2, 0) is 22.6 Å². The molecule has 1 aromatic carbocycles. The number of amides is 1. The number of hydrogen-bond donors (Lipinski definition) is 1. The maximum absolute atomic E-state index is 12.8. The molecule has 0 aliphatic carbocycles. The summed E-state index contributed by atoms with van der Waals surface area (Å²) < 4.78 is 37.1. The van der Waals surface area contributed by atoms with Crippen molar-refractivity contribution < 1.29 is 32.4 Å². The van der Waals surface area contributed by atoms with Crippen molar-refractivity contribution in [2.45, 2.75) is 64.2 Å². The summed E-state index contributed by atoms with van der Waals surface area (Å²) >= 11 is 0. The number of rotatable bonds is 5. The van der Waals surface area contributed by atoms with Crippen molar-refractivity contribution in [2.24, 2.45) is 0 Å². The van der Waals surface area contributed by atoms with Crippen LogP contribution in [0.25, 0.3) is 0 Å². The minimum absolute atomic E-state index is 0.150. The zero-order chi connectivity index (χ0) is 24.9. The molecular formula is C24H30F3N3O4. The lowest BCUT2D eigenvalue weighted by atomic mass is 9.77. The Morgan fingerprint density at radius 2 is 1.82 bits per heavy atom. The fraction of sp³-hybridized carbons (Fsp3) is 0.542. The van der Waals surface area contributed by atoms with Gasteiger partial charge < -0.3 is 14.5 Å². The normalized spacial score (nSPS) is 20.4. The molecule has 0 bridgehead atoms. The Morgan fingerprint density at radius 1 is 1.15 bits per heavy atom. The highest BCUT2D eigenvalue weighted by Crippen LogP contribution is 2.40. The lowest BCUT2D eigenvalue weighted by Gasteiger charge is -2.57. The number of hydrogen-bond acceptors (Lipinski definition) is 5. The van der Waals surface area contributed by atoms with Crippen molar-refractivity contribution >= 4 is 11.9 Å². The second-order valence-corrected chi connectivity index (χ2v) is 8.91. The molecule has 0 radical (unpaired) electrons. The number of carbonyl (C=O) groups excluding carboxylic acids is 1. The number of aliphatic carboxylic acids is 1. The van der Waals surface area contributed by atoms with Crippen LogP contribution >= 0.6 is 0 Å². The lowest BCUT2D eigenvalue weighted by Crippen LogP contribution is -2.67. The van der Waals surface area contributed by atoms with Crippen LogP contribution in [0.2, 0.25) is 0 Å². The molecule has 34 heavy (non-hydrogen) atoms. The molecule has 2 fully saturated rings. The SMILES string of the molecule is Cc1noc(C)c1CN1CCC12CCCN(C(=O)CCc1ccccc1)C2.O=C(O)C(F)(F)F. The molecule has 2 aliphatic rings. The van der Waals surface area contributed by atoms with Crippen LogP contribution in [-0.4, -0.2) is 63.3 Å². The average molecular weight is 482 g/mol. The molecule has 1 atom stereocenters. The number of halogens is 3. The number of nitrogens with zero attached hydrogens (tertiary/aromatic N) is 3. The standard InChI is InChI=1S/C22H29N3O2.C2HF3O2/c1-17-20(18(2)27-23-17)15-25-14-12-22(25)11-6-13-24(16-22)21(26)10-9-19-7-4-3-5-8-19;3-2(4,5)1(6)7/h3-5,7-8H,6,9-16H2,1-2H3;(H,6,7). The van der Waals surface area contributed by atoms with Gasteiger partial charge in [0.05, 0.1) is 5.69 Å². The third kappa shape index (κ3) is 6.16. The largest absolute Gasteiger partial charge is 0.490 e. The molecule has 2 saturated heterocycles. The molecule has 10 heteroatoms. The Labute approximate surface area is 196 Å². The van der Waals surface area contributed by atoms with Gasteiger partial charge in [-0.1, -0.05) is 35.5 Å². The highest BCUT2D eigenvalue weighted by atomic mass is 19.4. The van der Waals surface area contributed by atoms with Crippen LogP contribution in [0.4, 0.5) is 13.2 Å². The van der Waals surface area contributed by atoms with Crippen molar-refractivity contribution in [3.05, 3.63) is 52.9 Å². The van der Waals surface area contributed by atoms with E-state index in [0.717, 1.165) is 50.5 Å². The van der Waals surface area contributed by atoms with Crippen molar-refractivity contribution in [3.8, 4) is 0 Å². The smallest absolute Gasteiger partial charge is 0.475 e. The van der Waals surface area contributed by atoms with Gasteiger partial charge in [-0.15, -0.1) is 0 Å². The van der Waals surface area contributed by atoms with Gasteiger partial charge in [0.2, 0.25) is 5.91 Å². The van der Waals surface area contributed by atoms with Crippen LogP contribution in [0.15, 0.2) is 34.9 Å². The Hall–Kier alpha value is -2.88. The molecule has 1 unspecified atom stereocenters. The number of aromatic nitrogens is 1. The summed E-state index contributed by atoms with van der Waals surface area (Å²) in [5.74, 6) is -1.55. The van der Waals surface area contributed by atoms with Gasteiger partial charge in [-0.2, -0.15) is 13.2 Å². The van der Waals surface area contributed by atoms with Gasteiger partial charge in [0.15, 0.2) is 0 Å².